The molecule has 0 amide bonds. The highest BCUT2D eigenvalue weighted by atomic mass is 32.2. The van der Waals surface area contributed by atoms with E-state index in [4.69, 9.17) is 0 Å². The minimum atomic E-state index is -3.54. The van der Waals surface area contributed by atoms with Gasteiger partial charge in [-0.1, -0.05) is 36.4 Å². The van der Waals surface area contributed by atoms with Crippen LogP contribution in [0.4, 0.5) is 5.69 Å². The highest BCUT2D eigenvalue weighted by molar-refractivity contribution is 7.92. The Morgan fingerprint density at radius 2 is 1.32 bits per heavy atom. The number of anilines is 1. The molecule has 0 aromatic heterocycles. The van der Waals surface area contributed by atoms with Gasteiger partial charge < -0.3 is 0 Å². The van der Waals surface area contributed by atoms with Crippen molar-refractivity contribution in [1.82, 2.24) is 0 Å². The summed E-state index contributed by atoms with van der Waals surface area (Å²) in [7, 11) is -3.54. The lowest BCUT2D eigenvalue weighted by Crippen LogP contribution is -2.15. The minimum absolute atomic E-state index is 0.317. The molecule has 0 aliphatic rings. The fraction of sp³-hybridized carbons (Fsp3) is 0.200. The lowest BCUT2D eigenvalue weighted by molar-refractivity contribution is 0.600. The van der Waals surface area contributed by atoms with E-state index in [2.05, 4.69) is 4.72 Å². The molecule has 2 aromatic rings. The van der Waals surface area contributed by atoms with E-state index in [-0.39, 0.29) is 0 Å². The van der Waals surface area contributed by atoms with Crippen molar-refractivity contribution >= 4 is 15.7 Å². The first-order chi connectivity index (χ1) is 8.92. The van der Waals surface area contributed by atoms with Gasteiger partial charge in [0, 0.05) is 0 Å². The third-order valence-corrected chi connectivity index (χ3v) is 4.61. The van der Waals surface area contributed by atoms with E-state index in [1.807, 2.05) is 38.1 Å². The Hall–Kier alpha value is -1.81. The van der Waals surface area contributed by atoms with E-state index < -0.39 is 10.0 Å². The van der Waals surface area contributed by atoms with E-state index in [1.165, 1.54) is 0 Å². The Kier molecular flexibility index (Phi) is 3.62. The van der Waals surface area contributed by atoms with Gasteiger partial charge in [-0.2, -0.15) is 0 Å². The average molecular weight is 275 g/mol. The standard InChI is InChI=1S/C15H17NO2S/c1-11-7-4-5-10-14(11)19(17,18)16-15-12(2)8-6-9-13(15)3/h4-10,16H,1-3H3. The Balaban J connectivity index is 2.46. The molecule has 0 radical (unpaired) electrons. The molecule has 100 valence electrons. The first kappa shape index (κ1) is 13.6. The molecule has 4 heteroatoms. The van der Waals surface area contributed by atoms with Gasteiger partial charge in [0.15, 0.2) is 0 Å². The number of hydrogen-bond acceptors (Lipinski definition) is 2. The number of aryl methyl sites for hydroxylation is 3. The molecule has 0 spiro atoms. The van der Waals surface area contributed by atoms with Crippen LogP contribution in [0.5, 0.6) is 0 Å². The number of sulfonamides is 1. The summed E-state index contributed by atoms with van der Waals surface area (Å²) in [6.07, 6.45) is 0. The molecule has 2 aromatic carbocycles. The van der Waals surface area contributed by atoms with Crippen molar-refractivity contribution in [3.8, 4) is 0 Å². The summed E-state index contributed by atoms with van der Waals surface area (Å²) in [5, 5.41) is 0. The summed E-state index contributed by atoms with van der Waals surface area (Å²) in [6, 6.07) is 12.7. The van der Waals surface area contributed by atoms with Crippen molar-refractivity contribution in [2.45, 2.75) is 25.7 Å². The molecular weight excluding hydrogens is 258 g/mol. The maximum atomic E-state index is 12.4. The van der Waals surface area contributed by atoms with Gasteiger partial charge in [0.2, 0.25) is 0 Å². The summed E-state index contributed by atoms with van der Waals surface area (Å²) < 4.78 is 27.5. The number of rotatable bonds is 3. The Morgan fingerprint density at radius 1 is 0.789 bits per heavy atom. The smallest absolute Gasteiger partial charge is 0.262 e. The Morgan fingerprint density at radius 3 is 1.89 bits per heavy atom. The lowest BCUT2D eigenvalue weighted by atomic mass is 10.1. The van der Waals surface area contributed by atoms with E-state index in [0.29, 0.717) is 10.6 Å². The topological polar surface area (TPSA) is 46.2 Å². The molecule has 0 bridgehead atoms. The molecule has 2 rings (SSSR count). The highest BCUT2D eigenvalue weighted by Gasteiger charge is 2.17. The van der Waals surface area contributed by atoms with Gasteiger partial charge in [-0.3, -0.25) is 4.72 Å². The molecule has 0 fully saturated rings. The molecule has 0 atom stereocenters. The SMILES string of the molecule is Cc1ccccc1S(=O)(=O)Nc1c(C)cccc1C. The largest absolute Gasteiger partial charge is 0.279 e. The predicted molar refractivity (Wildman–Crippen MR) is 77.9 cm³/mol. The zero-order valence-corrected chi connectivity index (χ0v) is 12.1. The van der Waals surface area contributed by atoms with Crippen LogP contribution < -0.4 is 4.72 Å². The normalized spacial score (nSPS) is 11.3. The molecule has 0 saturated carbocycles. The van der Waals surface area contributed by atoms with Gasteiger partial charge in [-0.15, -0.1) is 0 Å². The molecule has 0 saturated heterocycles. The van der Waals surface area contributed by atoms with Gasteiger partial charge in [0.25, 0.3) is 10.0 Å². The second kappa shape index (κ2) is 5.05. The van der Waals surface area contributed by atoms with Gasteiger partial charge in [-0.25, -0.2) is 8.42 Å². The van der Waals surface area contributed by atoms with Crippen LogP contribution in [-0.2, 0) is 10.0 Å². The summed E-state index contributed by atoms with van der Waals surface area (Å²) in [4.78, 5) is 0.317. The van der Waals surface area contributed by atoms with Gasteiger partial charge >= 0.3 is 0 Å². The third kappa shape index (κ3) is 2.79. The van der Waals surface area contributed by atoms with E-state index in [9.17, 15) is 8.42 Å². The van der Waals surface area contributed by atoms with Crippen molar-refractivity contribution < 1.29 is 8.42 Å². The van der Waals surface area contributed by atoms with Crippen molar-refractivity contribution in [3.63, 3.8) is 0 Å². The van der Waals surface area contributed by atoms with E-state index in [1.54, 1.807) is 25.1 Å². The van der Waals surface area contributed by atoms with Crippen LogP contribution in [0.15, 0.2) is 47.4 Å². The first-order valence-corrected chi connectivity index (χ1v) is 7.55. The zero-order chi connectivity index (χ0) is 14.0. The van der Waals surface area contributed by atoms with Crippen LogP contribution in [-0.4, -0.2) is 8.42 Å². The lowest BCUT2D eigenvalue weighted by Gasteiger charge is -2.14. The molecule has 1 N–H and O–H groups in total. The summed E-state index contributed by atoms with van der Waals surface area (Å²) in [5.74, 6) is 0. The number of benzene rings is 2. The summed E-state index contributed by atoms with van der Waals surface area (Å²) in [5.41, 5.74) is 3.22. The van der Waals surface area contributed by atoms with Crippen molar-refractivity contribution in [3.05, 3.63) is 59.2 Å². The maximum absolute atomic E-state index is 12.4. The quantitative estimate of drug-likeness (QED) is 0.933. The van der Waals surface area contributed by atoms with Crippen LogP contribution >= 0.6 is 0 Å². The molecule has 0 unspecified atom stereocenters. The van der Waals surface area contributed by atoms with Crippen LogP contribution in [0.25, 0.3) is 0 Å². The number of para-hydroxylation sites is 1. The van der Waals surface area contributed by atoms with E-state index >= 15 is 0 Å². The molecule has 3 nitrogen and oxygen atoms in total. The minimum Gasteiger partial charge on any atom is -0.279 e. The second-order valence-corrected chi connectivity index (χ2v) is 6.29. The molecule has 0 aliphatic carbocycles. The zero-order valence-electron chi connectivity index (χ0n) is 11.3. The van der Waals surface area contributed by atoms with Gasteiger partial charge in [0.05, 0.1) is 10.6 Å². The van der Waals surface area contributed by atoms with Gasteiger partial charge in [0.1, 0.15) is 0 Å². The van der Waals surface area contributed by atoms with Crippen LogP contribution in [0.1, 0.15) is 16.7 Å². The molecule has 19 heavy (non-hydrogen) atoms. The first-order valence-electron chi connectivity index (χ1n) is 6.06. The highest BCUT2D eigenvalue weighted by Crippen LogP contribution is 2.24. The van der Waals surface area contributed by atoms with Crippen molar-refractivity contribution in [1.29, 1.82) is 0 Å². The van der Waals surface area contributed by atoms with Crippen LogP contribution in [0.3, 0.4) is 0 Å². The Bertz CT molecular complexity index is 686. The molecule has 0 aliphatic heterocycles. The number of nitrogens with one attached hydrogen (secondary N) is 1. The summed E-state index contributed by atoms with van der Waals surface area (Å²) in [6.45, 7) is 5.57. The molecular formula is C15H17NO2S. The fourth-order valence-electron chi connectivity index (χ4n) is 2.02. The van der Waals surface area contributed by atoms with Crippen LogP contribution in [0, 0.1) is 20.8 Å². The average Bonchev–Trinajstić information content (AvgIpc) is 2.34. The Labute approximate surface area is 114 Å². The van der Waals surface area contributed by atoms with Crippen LogP contribution in [0.2, 0.25) is 0 Å². The van der Waals surface area contributed by atoms with Crippen molar-refractivity contribution in [2.24, 2.45) is 0 Å². The maximum Gasteiger partial charge on any atom is 0.262 e. The number of hydrogen-bond donors (Lipinski definition) is 1. The fourth-order valence-corrected chi connectivity index (χ4v) is 3.47. The van der Waals surface area contributed by atoms with Gasteiger partial charge in [-0.05, 0) is 43.5 Å². The molecule has 0 heterocycles. The third-order valence-electron chi connectivity index (χ3n) is 3.10. The van der Waals surface area contributed by atoms with Crippen molar-refractivity contribution in [2.75, 3.05) is 4.72 Å². The monoisotopic (exact) mass is 275 g/mol. The predicted octanol–water partition coefficient (Wildman–Crippen LogP) is 3.41. The second-order valence-electron chi connectivity index (χ2n) is 4.64. The summed E-state index contributed by atoms with van der Waals surface area (Å²) >= 11 is 0. The van der Waals surface area contributed by atoms with E-state index in [0.717, 1.165) is 16.7 Å².